The van der Waals surface area contributed by atoms with Crippen LogP contribution in [0.15, 0.2) is 36.4 Å². The predicted molar refractivity (Wildman–Crippen MR) is 73.1 cm³/mol. The van der Waals surface area contributed by atoms with Crippen molar-refractivity contribution in [3.8, 4) is 17.6 Å². The number of para-hydroxylation sites is 1. The Balaban J connectivity index is 2.22. The molecule has 0 saturated carbocycles. The van der Waals surface area contributed by atoms with E-state index in [2.05, 4.69) is 5.32 Å². The van der Waals surface area contributed by atoms with Crippen molar-refractivity contribution < 1.29 is 14.2 Å². The van der Waals surface area contributed by atoms with Gasteiger partial charge in [-0.2, -0.15) is 5.26 Å². The van der Waals surface area contributed by atoms with Crippen LogP contribution in [0, 0.1) is 17.1 Å². The number of methoxy groups -OCH3 is 1. The molecule has 2 aromatic carbocycles. The zero-order valence-electron chi connectivity index (χ0n) is 10.9. The molecular formula is C15H13FN2O2. The number of phenolic OH excluding ortho intramolecular Hbond substituents is 1. The van der Waals surface area contributed by atoms with Crippen molar-refractivity contribution in [1.29, 1.82) is 5.26 Å². The first kappa shape index (κ1) is 13.7. The summed E-state index contributed by atoms with van der Waals surface area (Å²) in [6, 6.07) is 11.3. The second-order valence-electron chi connectivity index (χ2n) is 4.10. The number of anilines is 1. The van der Waals surface area contributed by atoms with Crippen molar-refractivity contribution in [1.82, 2.24) is 0 Å². The fourth-order valence-electron chi connectivity index (χ4n) is 1.85. The highest BCUT2D eigenvalue weighted by atomic mass is 19.1. The minimum atomic E-state index is -0.577. The van der Waals surface area contributed by atoms with E-state index in [1.165, 1.54) is 19.2 Å². The van der Waals surface area contributed by atoms with Gasteiger partial charge in [-0.05, 0) is 18.2 Å². The number of phenols is 1. The number of halogens is 1. The van der Waals surface area contributed by atoms with Gasteiger partial charge in [-0.25, -0.2) is 4.39 Å². The summed E-state index contributed by atoms with van der Waals surface area (Å²) in [5.74, 6) is -0.186. The van der Waals surface area contributed by atoms with Crippen molar-refractivity contribution in [2.45, 2.75) is 6.54 Å². The first-order chi connectivity index (χ1) is 9.67. The Labute approximate surface area is 116 Å². The molecule has 0 spiro atoms. The van der Waals surface area contributed by atoms with Crippen LogP contribution >= 0.6 is 0 Å². The number of hydrogen-bond acceptors (Lipinski definition) is 4. The summed E-state index contributed by atoms with van der Waals surface area (Å²) < 4.78 is 18.5. The third-order valence-corrected chi connectivity index (χ3v) is 2.90. The average Bonchev–Trinajstić information content (AvgIpc) is 2.46. The molecule has 2 rings (SSSR count). The molecule has 0 saturated heterocycles. The number of nitrogens with zero attached hydrogens (tertiary/aromatic N) is 1. The van der Waals surface area contributed by atoms with Gasteiger partial charge in [0.2, 0.25) is 0 Å². The molecule has 0 aliphatic rings. The van der Waals surface area contributed by atoms with Crippen molar-refractivity contribution in [3.63, 3.8) is 0 Å². The summed E-state index contributed by atoms with van der Waals surface area (Å²) >= 11 is 0. The van der Waals surface area contributed by atoms with Gasteiger partial charge in [0.05, 0.1) is 12.8 Å². The summed E-state index contributed by atoms with van der Waals surface area (Å²) in [6.45, 7) is 0.251. The van der Waals surface area contributed by atoms with Crippen LogP contribution in [0.25, 0.3) is 0 Å². The maximum atomic E-state index is 13.4. The van der Waals surface area contributed by atoms with E-state index in [0.717, 1.165) is 0 Å². The summed E-state index contributed by atoms with van der Waals surface area (Å²) in [7, 11) is 1.46. The van der Waals surface area contributed by atoms with Crippen LogP contribution in [0.3, 0.4) is 0 Å². The lowest BCUT2D eigenvalue weighted by atomic mass is 10.1. The molecule has 0 unspecified atom stereocenters. The standard InChI is InChI=1S/C15H13FN2O2/c1-20-14-7-2-4-10(15(14)19)9-18-13-6-3-5-12(16)11(13)8-17/h2-7,18-19H,9H2,1H3. The summed E-state index contributed by atoms with van der Waals surface area (Å²) in [5.41, 5.74) is 0.933. The SMILES string of the molecule is COc1cccc(CNc2cccc(F)c2C#N)c1O. The Morgan fingerprint density at radius 3 is 2.75 bits per heavy atom. The molecular weight excluding hydrogens is 259 g/mol. The zero-order valence-corrected chi connectivity index (χ0v) is 10.9. The minimum Gasteiger partial charge on any atom is -0.504 e. The van der Waals surface area contributed by atoms with Gasteiger partial charge in [-0.15, -0.1) is 0 Å². The lowest BCUT2D eigenvalue weighted by Gasteiger charge is -2.11. The topological polar surface area (TPSA) is 65.3 Å². The molecule has 102 valence electrons. The summed E-state index contributed by atoms with van der Waals surface area (Å²) in [5, 5.41) is 21.8. The van der Waals surface area contributed by atoms with Crippen LogP contribution in [0.1, 0.15) is 11.1 Å². The number of benzene rings is 2. The lowest BCUT2D eigenvalue weighted by Crippen LogP contribution is -2.03. The van der Waals surface area contributed by atoms with E-state index >= 15 is 0 Å². The smallest absolute Gasteiger partial charge is 0.162 e. The lowest BCUT2D eigenvalue weighted by molar-refractivity contribution is 0.371. The highest BCUT2D eigenvalue weighted by Gasteiger charge is 2.10. The van der Waals surface area contributed by atoms with Gasteiger partial charge in [-0.3, -0.25) is 0 Å². The van der Waals surface area contributed by atoms with E-state index in [1.807, 2.05) is 6.07 Å². The van der Waals surface area contributed by atoms with Gasteiger partial charge in [0.1, 0.15) is 17.4 Å². The van der Waals surface area contributed by atoms with Crippen LogP contribution in [0.5, 0.6) is 11.5 Å². The molecule has 0 heterocycles. The van der Waals surface area contributed by atoms with Crippen LogP contribution in [0.2, 0.25) is 0 Å². The first-order valence-corrected chi connectivity index (χ1v) is 5.94. The summed E-state index contributed by atoms with van der Waals surface area (Å²) in [4.78, 5) is 0. The normalized spacial score (nSPS) is 9.85. The number of ether oxygens (including phenoxy) is 1. The molecule has 0 bridgehead atoms. The van der Waals surface area contributed by atoms with Crippen LogP contribution in [-0.4, -0.2) is 12.2 Å². The molecule has 0 aliphatic carbocycles. The molecule has 2 N–H and O–H groups in total. The highest BCUT2D eigenvalue weighted by Crippen LogP contribution is 2.30. The molecule has 0 atom stereocenters. The van der Waals surface area contributed by atoms with Crippen molar-refractivity contribution in [2.24, 2.45) is 0 Å². The largest absolute Gasteiger partial charge is 0.504 e. The Kier molecular flexibility index (Phi) is 4.06. The quantitative estimate of drug-likeness (QED) is 0.898. The van der Waals surface area contributed by atoms with E-state index in [9.17, 15) is 9.50 Å². The van der Waals surface area contributed by atoms with Crippen molar-refractivity contribution in [3.05, 3.63) is 53.3 Å². The maximum absolute atomic E-state index is 13.4. The Morgan fingerprint density at radius 2 is 2.05 bits per heavy atom. The molecule has 0 radical (unpaired) electrons. The molecule has 0 fully saturated rings. The Bertz CT molecular complexity index is 665. The third kappa shape index (κ3) is 2.64. The van der Waals surface area contributed by atoms with Crippen LogP contribution < -0.4 is 10.1 Å². The molecule has 0 aromatic heterocycles. The van der Waals surface area contributed by atoms with E-state index in [-0.39, 0.29) is 17.9 Å². The molecule has 2 aromatic rings. The molecule has 0 amide bonds. The molecule has 20 heavy (non-hydrogen) atoms. The van der Waals surface area contributed by atoms with E-state index in [0.29, 0.717) is 17.0 Å². The van der Waals surface area contributed by atoms with E-state index < -0.39 is 5.82 Å². The Morgan fingerprint density at radius 1 is 1.30 bits per heavy atom. The number of nitrogens with one attached hydrogen (secondary N) is 1. The van der Waals surface area contributed by atoms with Crippen LogP contribution in [-0.2, 0) is 6.54 Å². The van der Waals surface area contributed by atoms with Gasteiger partial charge >= 0.3 is 0 Å². The fraction of sp³-hybridized carbons (Fsp3) is 0.133. The van der Waals surface area contributed by atoms with E-state index in [4.69, 9.17) is 10.00 Å². The number of nitriles is 1. The second kappa shape index (κ2) is 5.93. The highest BCUT2D eigenvalue weighted by molar-refractivity contribution is 5.58. The molecule has 5 heteroatoms. The second-order valence-corrected chi connectivity index (χ2v) is 4.10. The maximum Gasteiger partial charge on any atom is 0.162 e. The van der Waals surface area contributed by atoms with Gasteiger partial charge in [0, 0.05) is 12.1 Å². The zero-order chi connectivity index (χ0) is 14.5. The minimum absolute atomic E-state index is 0.0254. The fourth-order valence-corrected chi connectivity index (χ4v) is 1.85. The molecule has 4 nitrogen and oxygen atoms in total. The van der Waals surface area contributed by atoms with Gasteiger partial charge < -0.3 is 15.2 Å². The van der Waals surface area contributed by atoms with Gasteiger partial charge in [0.25, 0.3) is 0 Å². The number of aromatic hydroxyl groups is 1. The monoisotopic (exact) mass is 272 g/mol. The number of rotatable bonds is 4. The van der Waals surface area contributed by atoms with Gasteiger partial charge in [0.15, 0.2) is 11.5 Å². The average molecular weight is 272 g/mol. The van der Waals surface area contributed by atoms with E-state index in [1.54, 1.807) is 24.3 Å². The summed E-state index contributed by atoms with van der Waals surface area (Å²) in [6.07, 6.45) is 0. The van der Waals surface area contributed by atoms with Crippen LogP contribution in [0.4, 0.5) is 10.1 Å². The molecule has 0 aliphatic heterocycles. The first-order valence-electron chi connectivity index (χ1n) is 5.94. The number of hydrogen-bond donors (Lipinski definition) is 2. The Hall–Kier alpha value is -2.74. The van der Waals surface area contributed by atoms with Crippen molar-refractivity contribution >= 4 is 5.69 Å². The van der Waals surface area contributed by atoms with Crippen molar-refractivity contribution in [2.75, 3.05) is 12.4 Å². The third-order valence-electron chi connectivity index (χ3n) is 2.90. The predicted octanol–water partition coefficient (Wildman–Crippen LogP) is 3.02. The van der Waals surface area contributed by atoms with Gasteiger partial charge in [-0.1, -0.05) is 18.2 Å².